The lowest BCUT2D eigenvalue weighted by atomic mass is 10.1. The molecule has 0 spiro atoms. The van der Waals surface area contributed by atoms with Gasteiger partial charge in [0.1, 0.15) is 5.75 Å². The fourth-order valence-electron chi connectivity index (χ4n) is 1.26. The predicted molar refractivity (Wildman–Crippen MR) is 48.9 cm³/mol. The van der Waals surface area contributed by atoms with Crippen molar-refractivity contribution in [3.05, 3.63) is 23.8 Å². The van der Waals surface area contributed by atoms with E-state index in [2.05, 4.69) is 0 Å². The Morgan fingerprint density at radius 3 is 2.69 bits per heavy atom. The van der Waals surface area contributed by atoms with Gasteiger partial charge in [-0.2, -0.15) is 0 Å². The van der Waals surface area contributed by atoms with E-state index in [0.717, 1.165) is 5.56 Å². The number of aromatic hydroxyl groups is 1. The summed E-state index contributed by atoms with van der Waals surface area (Å²) in [6.45, 7) is 2.12. The van der Waals surface area contributed by atoms with Gasteiger partial charge in [0.2, 0.25) is 6.79 Å². The molecule has 2 rings (SSSR count). The molecule has 3 heteroatoms. The van der Waals surface area contributed by atoms with E-state index in [9.17, 15) is 5.11 Å². The van der Waals surface area contributed by atoms with Gasteiger partial charge in [0.05, 0.1) is 0 Å². The number of hydrogen-bond acceptors (Lipinski definition) is 3. The zero-order valence-electron chi connectivity index (χ0n) is 7.28. The van der Waals surface area contributed by atoms with Crippen LogP contribution in [0.25, 0.3) is 6.08 Å². The number of fused-ring (bicyclic) bond motifs is 1. The number of rotatable bonds is 1. The van der Waals surface area contributed by atoms with E-state index in [1.807, 2.05) is 19.1 Å². The molecule has 1 heterocycles. The van der Waals surface area contributed by atoms with Crippen LogP contribution in [0.2, 0.25) is 0 Å². The van der Waals surface area contributed by atoms with Crippen LogP contribution in [0.4, 0.5) is 0 Å². The molecule has 1 aliphatic rings. The molecular formula is C10H10O3. The molecular weight excluding hydrogens is 168 g/mol. The molecule has 13 heavy (non-hydrogen) atoms. The molecule has 1 aromatic rings. The fourth-order valence-corrected chi connectivity index (χ4v) is 1.26. The standard InChI is InChI=1S/C10H10O3/c1-2-3-7-4-9-10(5-8(7)11)13-6-12-9/h2-5,11H,6H2,1H3. The maximum Gasteiger partial charge on any atom is 0.231 e. The molecule has 0 aromatic heterocycles. The van der Waals surface area contributed by atoms with Crippen molar-refractivity contribution in [2.24, 2.45) is 0 Å². The molecule has 0 atom stereocenters. The van der Waals surface area contributed by atoms with Gasteiger partial charge in [-0.1, -0.05) is 12.2 Å². The highest BCUT2D eigenvalue weighted by molar-refractivity contribution is 5.63. The van der Waals surface area contributed by atoms with Gasteiger partial charge in [0, 0.05) is 11.6 Å². The summed E-state index contributed by atoms with van der Waals surface area (Å²) < 4.78 is 10.3. The monoisotopic (exact) mass is 178 g/mol. The first-order valence-corrected chi connectivity index (χ1v) is 4.06. The summed E-state index contributed by atoms with van der Waals surface area (Å²) in [5.74, 6) is 1.50. The quantitative estimate of drug-likeness (QED) is 0.716. The van der Waals surface area contributed by atoms with Crippen LogP contribution in [0.5, 0.6) is 17.2 Å². The first-order valence-electron chi connectivity index (χ1n) is 4.06. The maximum atomic E-state index is 9.52. The Balaban J connectivity index is 2.49. The minimum atomic E-state index is 0.211. The Bertz CT molecular complexity index is 355. The van der Waals surface area contributed by atoms with E-state index < -0.39 is 0 Å². The number of ether oxygens (including phenoxy) is 2. The van der Waals surface area contributed by atoms with Crippen molar-refractivity contribution in [1.29, 1.82) is 0 Å². The van der Waals surface area contributed by atoms with E-state index in [1.165, 1.54) is 0 Å². The summed E-state index contributed by atoms with van der Waals surface area (Å²) in [7, 11) is 0. The van der Waals surface area contributed by atoms with Gasteiger partial charge < -0.3 is 14.6 Å². The number of phenolic OH excluding ortho intramolecular Hbond substituents is 1. The number of phenols is 1. The lowest BCUT2D eigenvalue weighted by Gasteiger charge is -2.01. The molecule has 0 fully saturated rings. The van der Waals surface area contributed by atoms with Crippen LogP contribution in [-0.2, 0) is 0 Å². The molecule has 0 saturated heterocycles. The summed E-state index contributed by atoms with van der Waals surface area (Å²) >= 11 is 0. The van der Waals surface area contributed by atoms with Gasteiger partial charge in [-0.3, -0.25) is 0 Å². The van der Waals surface area contributed by atoms with Gasteiger partial charge in [0.25, 0.3) is 0 Å². The Hall–Kier alpha value is -1.64. The Morgan fingerprint density at radius 1 is 1.31 bits per heavy atom. The fraction of sp³-hybridized carbons (Fsp3) is 0.200. The molecule has 0 bridgehead atoms. The summed E-state index contributed by atoms with van der Waals surface area (Å²) in [5, 5.41) is 9.52. The summed E-state index contributed by atoms with van der Waals surface area (Å²) in [5.41, 5.74) is 0.742. The van der Waals surface area contributed by atoms with Crippen molar-refractivity contribution < 1.29 is 14.6 Å². The second-order valence-corrected chi connectivity index (χ2v) is 2.76. The molecule has 1 aromatic carbocycles. The molecule has 0 saturated carbocycles. The number of benzene rings is 1. The molecule has 68 valence electrons. The minimum absolute atomic E-state index is 0.211. The predicted octanol–water partition coefficient (Wildman–Crippen LogP) is 2.15. The smallest absolute Gasteiger partial charge is 0.231 e. The third-order valence-corrected chi connectivity index (χ3v) is 1.87. The zero-order chi connectivity index (χ0) is 9.26. The van der Waals surface area contributed by atoms with Crippen LogP contribution in [0.1, 0.15) is 12.5 Å². The highest BCUT2D eigenvalue weighted by Crippen LogP contribution is 2.37. The van der Waals surface area contributed by atoms with Gasteiger partial charge in [-0.15, -0.1) is 0 Å². The van der Waals surface area contributed by atoms with E-state index in [4.69, 9.17) is 9.47 Å². The molecule has 3 nitrogen and oxygen atoms in total. The van der Waals surface area contributed by atoms with E-state index in [1.54, 1.807) is 12.1 Å². The summed E-state index contributed by atoms with van der Waals surface area (Å²) in [6, 6.07) is 3.33. The summed E-state index contributed by atoms with van der Waals surface area (Å²) in [6.07, 6.45) is 3.68. The molecule has 1 aliphatic heterocycles. The number of allylic oxidation sites excluding steroid dienone is 1. The van der Waals surface area contributed by atoms with Crippen molar-refractivity contribution in [3.63, 3.8) is 0 Å². The summed E-state index contributed by atoms with van der Waals surface area (Å²) in [4.78, 5) is 0. The third-order valence-electron chi connectivity index (χ3n) is 1.87. The maximum absolute atomic E-state index is 9.52. The van der Waals surface area contributed by atoms with Gasteiger partial charge >= 0.3 is 0 Å². The molecule has 0 amide bonds. The van der Waals surface area contributed by atoms with E-state index >= 15 is 0 Å². The van der Waals surface area contributed by atoms with Gasteiger partial charge in [0.15, 0.2) is 11.5 Å². The second kappa shape index (κ2) is 3.01. The van der Waals surface area contributed by atoms with Crippen molar-refractivity contribution in [1.82, 2.24) is 0 Å². The van der Waals surface area contributed by atoms with E-state index in [0.29, 0.717) is 11.5 Å². The zero-order valence-corrected chi connectivity index (χ0v) is 7.28. The first-order chi connectivity index (χ1) is 6.31. The Kier molecular flexibility index (Phi) is 1.85. The lowest BCUT2D eigenvalue weighted by molar-refractivity contribution is 0.174. The number of hydrogen-bond donors (Lipinski definition) is 1. The molecule has 0 radical (unpaired) electrons. The average Bonchev–Trinajstić information content (AvgIpc) is 2.52. The highest BCUT2D eigenvalue weighted by Gasteiger charge is 2.15. The minimum Gasteiger partial charge on any atom is -0.507 e. The van der Waals surface area contributed by atoms with Crippen LogP contribution in [0.15, 0.2) is 18.2 Å². The second-order valence-electron chi connectivity index (χ2n) is 2.76. The van der Waals surface area contributed by atoms with Crippen LogP contribution in [0.3, 0.4) is 0 Å². The lowest BCUT2D eigenvalue weighted by Crippen LogP contribution is -1.92. The Labute approximate surface area is 76.2 Å². The molecule has 0 aliphatic carbocycles. The first kappa shape index (κ1) is 7.98. The Morgan fingerprint density at radius 2 is 2.00 bits per heavy atom. The normalized spacial score (nSPS) is 13.9. The van der Waals surface area contributed by atoms with Gasteiger partial charge in [-0.05, 0) is 13.0 Å². The highest BCUT2D eigenvalue weighted by atomic mass is 16.7. The van der Waals surface area contributed by atoms with Crippen molar-refractivity contribution in [2.75, 3.05) is 6.79 Å². The largest absolute Gasteiger partial charge is 0.507 e. The van der Waals surface area contributed by atoms with Crippen LogP contribution < -0.4 is 9.47 Å². The van der Waals surface area contributed by atoms with E-state index in [-0.39, 0.29) is 12.5 Å². The SMILES string of the molecule is CC=Cc1cc2c(cc1O)OCO2. The van der Waals surface area contributed by atoms with Crippen LogP contribution >= 0.6 is 0 Å². The molecule has 0 unspecified atom stereocenters. The van der Waals surface area contributed by atoms with Crippen molar-refractivity contribution >= 4 is 6.08 Å². The van der Waals surface area contributed by atoms with Crippen LogP contribution in [-0.4, -0.2) is 11.9 Å². The van der Waals surface area contributed by atoms with Crippen molar-refractivity contribution in [2.45, 2.75) is 6.92 Å². The van der Waals surface area contributed by atoms with Crippen LogP contribution in [0, 0.1) is 0 Å². The average molecular weight is 178 g/mol. The molecule has 1 N–H and O–H groups in total. The third kappa shape index (κ3) is 1.33. The van der Waals surface area contributed by atoms with Crippen molar-refractivity contribution in [3.8, 4) is 17.2 Å². The topological polar surface area (TPSA) is 38.7 Å². The van der Waals surface area contributed by atoms with Gasteiger partial charge in [-0.25, -0.2) is 0 Å².